The predicted octanol–water partition coefficient (Wildman–Crippen LogP) is 2.55. The molecule has 1 aromatic rings. The maximum Gasteiger partial charge on any atom is 0.288 e. The largest absolute Gasteiger partial charge is 0.303 e. The van der Waals surface area contributed by atoms with E-state index in [9.17, 15) is 24.1 Å². The maximum atomic E-state index is 13.4. The van der Waals surface area contributed by atoms with Gasteiger partial charge >= 0.3 is 0 Å². The highest BCUT2D eigenvalue weighted by Crippen LogP contribution is 2.28. The zero-order valence-corrected chi connectivity index (χ0v) is 9.24. The van der Waals surface area contributed by atoms with Gasteiger partial charge in [0, 0.05) is 25.0 Å². The summed E-state index contributed by atoms with van der Waals surface area (Å²) >= 11 is 5.46. The van der Waals surface area contributed by atoms with Gasteiger partial charge in [-0.25, -0.2) is 4.39 Å². The summed E-state index contributed by atoms with van der Waals surface area (Å²) in [5.41, 5.74) is -0.967. The number of aldehydes is 1. The zero-order valence-electron chi connectivity index (χ0n) is 8.48. The first-order valence-electron chi connectivity index (χ1n) is 4.57. The third-order valence-electron chi connectivity index (χ3n) is 2.02. The Morgan fingerprint density at radius 3 is 2.71 bits per heavy atom. The van der Waals surface area contributed by atoms with Crippen LogP contribution < -0.4 is 0 Å². The molecule has 0 atom stereocenters. The van der Waals surface area contributed by atoms with Gasteiger partial charge in [-0.1, -0.05) is 11.6 Å². The molecule has 17 heavy (non-hydrogen) atoms. The average molecular weight is 260 g/mol. The van der Waals surface area contributed by atoms with E-state index in [2.05, 4.69) is 0 Å². The minimum absolute atomic E-state index is 0.0608. The molecule has 0 amide bonds. The first kappa shape index (κ1) is 13.2. The van der Waals surface area contributed by atoms with Crippen LogP contribution in [0.25, 0.3) is 0 Å². The molecule has 0 N–H and O–H groups in total. The molecule has 1 aromatic carbocycles. The number of carbonyl (C=O) groups is 2. The van der Waals surface area contributed by atoms with Crippen LogP contribution in [0.15, 0.2) is 12.1 Å². The lowest BCUT2D eigenvalue weighted by molar-refractivity contribution is -0.384. The summed E-state index contributed by atoms with van der Waals surface area (Å²) in [4.78, 5) is 31.3. The summed E-state index contributed by atoms with van der Waals surface area (Å²) in [5, 5.41) is 10.2. The molecule has 0 aliphatic heterocycles. The van der Waals surface area contributed by atoms with Crippen molar-refractivity contribution in [3.63, 3.8) is 0 Å². The van der Waals surface area contributed by atoms with Crippen molar-refractivity contribution in [3.05, 3.63) is 38.7 Å². The lowest BCUT2D eigenvalue weighted by Gasteiger charge is -2.02. The Labute approximate surface area is 100 Å². The Kier molecular flexibility index (Phi) is 4.28. The van der Waals surface area contributed by atoms with Crippen molar-refractivity contribution < 1.29 is 18.9 Å². The van der Waals surface area contributed by atoms with E-state index in [-0.39, 0.29) is 17.9 Å². The smallest absolute Gasteiger partial charge is 0.288 e. The molecule has 0 aromatic heterocycles. The number of ketones is 1. The van der Waals surface area contributed by atoms with Crippen molar-refractivity contribution in [1.82, 2.24) is 0 Å². The first-order valence-corrected chi connectivity index (χ1v) is 4.95. The molecule has 5 nitrogen and oxygen atoms in total. The van der Waals surface area contributed by atoms with Gasteiger partial charge in [-0.3, -0.25) is 14.9 Å². The van der Waals surface area contributed by atoms with Gasteiger partial charge in [0.2, 0.25) is 0 Å². The van der Waals surface area contributed by atoms with Crippen LogP contribution in [0.1, 0.15) is 23.2 Å². The van der Waals surface area contributed by atoms with Gasteiger partial charge in [0.1, 0.15) is 17.1 Å². The van der Waals surface area contributed by atoms with Crippen LogP contribution in [0.3, 0.4) is 0 Å². The predicted molar refractivity (Wildman–Crippen MR) is 57.7 cm³/mol. The number of nitrogens with zero attached hydrogens (tertiary/aromatic N) is 1. The van der Waals surface area contributed by atoms with Crippen LogP contribution in [0.2, 0.25) is 5.02 Å². The molecule has 0 unspecified atom stereocenters. The van der Waals surface area contributed by atoms with Gasteiger partial charge in [0.05, 0.1) is 10.5 Å². The van der Waals surface area contributed by atoms with Crippen molar-refractivity contribution in [2.24, 2.45) is 0 Å². The number of nitro benzene ring substituents is 1. The van der Waals surface area contributed by atoms with Crippen molar-refractivity contribution in [1.29, 1.82) is 0 Å². The third kappa shape index (κ3) is 3.07. The lowest BCUT2D eigenvalue weighted by atomic mass is 10.1. The number of nitro groups is 1. The van der Waals surface area contributed by atoms with E-state index in [1.165, 1.54) is 0 Å². The van der Waals surface area contributed by atoms with Gasteiger partial charge in [0.15, 0.2) is 5.78 Å². The Morgan fingerprint density at radius 2 is 2.18 bits per heavy atom. The van der Waals surface area contributed by atoms with Gasteiger partial charge in [0.25, 0.3) is 5.69 Å². The van der Waals surface area contributed by atoms with Crippen molar-refractivity contribution in [2.75, 3.05) is 0 Å². The molecule has 0 heterocycles. The molecule has 0 aliphatic rings. The highest BCUT2D eigenvalue weighted by atomic mass is 35.5. The molecule has 0 radical (unpaired) electrons. The molecular formula is C10H7ClFNO4. The average Bonchev–Trinajstić information content (AvgIpc) is 2.25. The van der Waals surface area contributed by atoms with Gasteiger partial charge in [-0.2, -0.15) is 0 Å². The molecule has 0 spiro atoms. The fraction of sp³-hybridized carbons (Fsp3) is 0.200. The second-order valence-electron chi connectivity index (χ2n) is 3.17. The molecule has 0 bridgehead atoms. The number of benzene rings is 1. The monoisotopic (exact) mass is 259 g/mol. The summed E-state index contributed by atoms with van der Waals surface area (Å²) in [5.74, 6) is -1.61. The van der Waals surface area contributed by atoms with Crippen LogP contribution in [-0.4, -0.2) is 17.0 Å². The molecule has 0 fully saturated rings. The van der Waals surface area contributed by atoms with Crippen molar-refractivity contribution in [2.45, 2.75) is 12.8 Å². The Balaban J connectivity index is 3.15. The molecule has 7 heteroatoms. The fourth-order valence-electron chi connectivity index (χ4n) is 1.22. The Morgan fingerprint density at radius 1 is 1.53 bits per heavy atom. The standard InChI is InChI=1S/C10H7ClFNO4/c11-7-5-8(12)6(4-9(7)13(16)17)10(15)2-1-3-14/h3-5H,1-2H2. The van der Waals surface area contributed by atoms with Crippen LogP contribution in [-0.2, 0) is 4.79 Å². The van der Waals surface area contributed by atoms with Crippen LogP contribution in [0.5, 0.6) is 0 Å². The number of halogens is 2. The van der Waals surface area contributed by atoms with E-state index in [4.69, 9.17) is 11.6 Å². The third-order valence-corrected chi connectivity index (χ3v) is 2.33. The maximum absolute atomic E-state index is 13.4. The number of rotatable bonds is 5. The van der Waals surface area contributed by atoms with E-state index in [1.54, 1.807) is 0 Å². The van der Waals surface area contributed by atoms with Gasteiger partial charge in [-0.15, -0.1) is 0 Å². The number of carbonyl (C=O) groups excluding carboxylic acids is 2. The van der Waals surface area contributed by atoms with E-state index in [0.29, 0.717) is 12.4 Å². The SMILES string of the molecule is O=CCCC(=O)c1cc([N+](=O)[O-])c(Cl)cc1F. The van der Waals surface area contributed by atoms with E-state index >= 15 is 0 Å². The molecule has 0 aliphatic carbocycles. The van der Waals surface area contributed by atoms with Crippen LogP contribution >= 0.6 is 11.6 Å². The van der Waals surface area contributed by atoms with E-state index < -0.39 is 27.8 Å². The lowest BCUT2D eigenvalue weighted by Crippen LogP contribution is -2.04. The Hall–Kier alpha value is -1.82. The molecule has 0 saturated heterocycles. The number of Topliss-reactive ketones (excluding diaryl/α,β-unsaturated/α-hetero) is 1. The van der Waals surface area contributed by atoms with Crippen LogP contribution in [0.4, 0.5) is 10.1 Å². The fourth-order valence-corrected chi connectivity index (χ4v) is 1.44. The molecule has 1 rings (SSSR count). The highest BCUT2D eigenvalue weighted by Gasteiger charge is 2.20. The highest BCUT2D eigenvalue weighted by molar-refractivity contribution is 6.32. The first-order chi connectivity index (χ1) is 7.97. The minimum atomic E-state index is -0.934. The molecular weight excluding hydrogens is 253 g/mol. The summed E-state index contributed by atoms with van der Waals surface area (Å²) in [6.45, 7) is 0. The van der Waals surface area contributed by atoms with E-state index in [0.717, 1.165) is 6.07 Å². The normalized spacial score (nSPS) is 10.0. The van der Waals surface area contributed by atoms with Gasteiger partial charge < -0.3 is 4.79 Å². The summed E-state index contributed by atoms with van der Waals surface area (Å²) < 4.78 is 13.4. The topological polar surface area (TPSA) is 77.3 Å². The molecule has 0 saturated carbocycles. The molecule has 90 valence electrons. The van der Waals surface area contributed by atoms with Gasteiger partial charge in [-0.05, 0) is 0 Å². The van der Waals surface area contributed by atoms with Crippen LogP contribution in [0, 0.1) is 15.9 Å². The second kappa shape index (κ2) is 5.49. The number of hydrogen-bond acceptors (Lipinski definition) is 4. The summed E-state index contributed by atoms with van der Waals surface area (Å²) in [6.07, 6.45) is 0.258. The second-order valence-corrected chi connectivity index (χ2v) is 3.58. The van der Waals surface area contributed by atoms with Crippen molar-refractivity contribution in [3.8, 4) is 0 Å². The summed E-state index contributed by atoms with van der Waals surface area (Å²) in [7, 11) is 0. The van der Waals surface area contributed by atoms with E-state index in [1.807, 2.05) is 0 Å². The Bertz CT molecular complexity index is 489. The quantitative estimate of drug-likeness (QED) is 0.352. The number of hydrogen-bond donors (Lipinski definition) is 0. The van der Waals surface area contributed by atoms with Crippen molar-refractivity contribution >= 4 is 29.4 Å². The minimum Gasteiger partial charge on any atom is -0.303 e. The zero-order chi connectivity index (χ0) is 13.0. The summed E-state index contributed by atoms with van der Waals surface area (Å²) in [6, 6.07) is 1.50.